The Labute approximate surface area is 194 Å². The Kier molecular flexibility index (Phi) is 6.74. The Balaban J connectivity index is 1.78. The van der Waals surface area contributed by atoms with Crippen LogP contribution in [0.3, 0.4) is 0 Å². The summed E-state index contributed by atoms with van der Waals surface area (Å²) in [5.74, 6) is 1.54. The summed E-state index contributed by atoms with van der Waals surface area (Å²) in [6.45, 7) is 5.82. The van der Waals surface area contributed by atoms with Crippen LogP contribution in [0.2, 0.25) is 0 Å². The summed E-state index contributed by atoms with van der Waals surface area (Å²) in [4.78, 5) is 11.7. The lowest BCUT2D eigenvalue weighted by Crippen LogP contribution is -2.32. The molecule has 8 heteroatoms. The highest BCUT2D eigenvalue weighted by Crippen LogP contribution is 2.37. The zero-order chi connectivity index (χ0) is 23.4. The number of rotatable bonds is 9. The van der Waals surface area contributed by atoms with Crippen molar-refractivity contribution in [2.45, 2.75) is 19.9 Å². The number of nitrogens with one attached hydrogen (secondary N) is 1. The fourth-order valence-electron chi connectivity index (χ4n) is 3.72. The lowest BCUT2D eigenvalue weighted by molar-refractivity contribution is 0.403. The maximum absolute atomic E-state index is 5.69. The van der Waals surface area contributed by atoms with E-state index in [-0.39, 0.29) is 0 Å². The maximum Gasteiger partial charge on any atom is 0.142 e. The smallest absolute Gasteiger partial charge is 0.142 e. The van der Waals surface area contributed by atoms with E-state index in [9.17, 15) is 0 Å². The van der Waals surface area contributed by atoms with Gasteiger partial charge in [0.1, 0.15) is 11.5 Å². The summed E-state index contributed by atoms with van der Waals surface area (Å²) in [5, 5.41) is 7.75. The molecular formula is C25H30N6O2. The van der Waals surface area contributed by atoms with Gasteiger partial charge < -0.3 is 19.7 Å². The van der Waals surface area contributed by atoms with Gasteiger partial charge >= 0.3 is 0 Å². The van der Waals surface area contributed by atoms with Gasteiger partial charge in [-0.3, -0.25) is 9.67 Å². The number of fused-ring (bicyclic) bond motifs is 1. The normalized spacial score (nSPS) is 11.2. The molecule has 8 nitrogen and oxygen atoms in total. The molecule has 172 valence electrons. The molecule has 0 unspecified atom stereocenters. The van der Waals surface area contributed by atoms with Gasteiger partial charge in [-0.2, -0.15) is 5.10 Å². The number of anilines is 2. The molecule has 2 aromatic carbocycles. The number of nitrogens with zero attached hydrogens (tertiary/aromatic N) is 5. The van der Waals surface area contributed by atoms with Gasteiger partial charge in [0.15, 0.2) is 0 Å². The van der Waals surface area contributed by atoms with E-state index in [2.05, 4.69) is 46.3 Å². The fraction of sp³-hybridized carbons (Fsp3) is 0.320. The van der Waals surface area contributed by atoms with Crippen molar-refractivity contribution < 1.29 is 9.47 Å². The Morgan fingerprint density at radius 1 is 1.03 bits per heavy atom. The second-order valence-corrected chi connectivity index (χ2v) is 8.13. The van der Waals surface area contributed by atoms with Crippen LogP contribution in [0, 0.1) is 0 Å². The van der Waals surface area contributed by atoms with Crippen LogP contribution in [0.15, 0.2) is 55.0 Å². The summed E-state index contributed by atoms with van der Waals surface area (Å²) in [6, 6.07) is 12.3. The van der Waals surface area contributed by atoms with Crippen LogP contribution in [0.25, 0.3) is 22.3 Å². The third-order valence-corrected chi connectivity index (χ3v) is 5.40. The van der Waals surface area contributed by atoms with Gasteiger partial charge in [0.05, 0.1) is 49.0 Å². The molecule has 0 aliphatic heterocycles. The molecule has 1 N–H and O–H groups in total. The first kappa shape index (κ1) is 22.5. The van der Waals surface area contributed by atoms with Crippen LogP contribution in [0.1, 0.15) is 13.8 Å². The summed E-state index contributed by atoms with van der Waals surface area (Å²) >= 11 is 0. The van der Waals surface area contributed by atoms with Crippen molar-refractivity contribution in [3.05, 3.63) is 55.0 Å². The van der Waals surface area contributed by atoms with E-state index in [4.69, 9.17) is 14.5 Å². The number of aryl methyl sites for hydroxylation is 1. The average molecular weight is 447 g/mol. The minimum absolute atomic E-state index is 0.392. The molecule has 0 fully saturated rings. The number of aromatic nitrogens is 4. The van der Waals surface area contributed by atoms with Gasteiger partial charge in [0.2, 0.25) is 0 Å². The summed E-state index contributed by atoms with van der Waals surface area (Å²) in [7, 11) is 5.24. The molecule has 0 saturated heterocycles. The molecule has 33 heavy (non-hydrogen) atoms. The van der Waals surface area contributed by atoms with Crippen molar-refractivity contribution >= 4 is 22.4 Å². The Hall–Kier alpha value is -3.65. The van der Waals surface area contributed by atoms with Crippen LogP contribution < -0.4 is 19.7 Å². The van der Waals surface area contributed by atoms with Gasteiger partial charge in [-0.1, -0.05) is 13.8 Å². The van der Waals surface area contributed by atoms with E-state index >= 15 is 0 Å². The number of methoxy groups -OCH3 is 2. The molecule has 2 heterocycles. The largest absolute Gasteiger partial charge is 0.497 e. The minimum Gasteiger partial charge on any atom is -0.497 e. The number of ether oxygens (including phenoxy) is 2. The van der Waals surface area contributed by atoms with Crippen LogP contribution in [0.5, 0.6) is 11.5 Å². The zero-order valence-corrected chi connectivity index (χ0v) is 19.7. The lowest BCUT2D eigenvalue weighted by atomic mass is 10.2. The SMILES string of the molecule is COc1ccc(OC)c(N(CCNC(C)C)c2ccc3ncc(-c4cnn(C)c4)nc3c2)c1. The Morgan fingerprint density at radius 3 is 2.58 bits per heavy atom. The van der Waals surface area contributed by atoms with E-state index < -0.39 is 0 Å². The predicted molar refractivity (Wildman–Crippen MR) is 131 cm³/mol. The highest BCUT2D eigenvalue weighted by molar-refractivity contribution is 5.83. The number of hydrogen-bond acceptors (Lipinski definition) is 7. The van der Waals surface area contributed by atoms with Crippen molar-refractivity contribution in [2.75, 3.05) is 32.2 Å². The molecule has 4 rings (SSSR count). The molecule has 0 amide bonds. The third kappa shape index (κ3) is 5.06. The molecule has 0 spiro atoms. The molecular weight excluding hydrogens is 416 g/mol. The van der Waals surface area contributed by atoms with E-state index in [1.807, 2.05) is 37.5 Å². The standard InChI is InChI=1S/C25H30N6O2/c1-17(2)26-10-11-31(24-13-20(32-4)7-9-25(24)33-5)19-6-8-21-22(12-19)29-23(15-27-21)18-14-28-30(3)16-18/h6-9,12-17,26H,10-11H2,1-5H3. The molecule has 0 atom stereocenters. The monoisotopic (exact) mass is 446 g/mol. The Morgan fingerprint density at radius 2 is 1.88 bits per heavy atom. The first-order valence-corrected chi connectivity index (χ1v) is 11.0. The minimum atomic E-state index is 0.392. The molecule has 0 radical (unpaired) electrons. The van der Waals surface area contributed by atoms with Crippen LogP contribution in [0.4, 0.5) is 11.4 Å². The van der Waals surface area contributed by atoms with Gasteiger partial charge in [-0.25, -0.2) is 4.98 Å². The van der Waals surface area contributed by atoms with Gasteiger partial charge in [-0.05, 0) is 30.3 Å². The van der Waals surface area contributed by atoms with E-state index in [1.165, 1.54) is 0 Å². The lowest BCUT2D eigenvalue weighted by Gasteiger charge is -2.28. The molecule has 0 saturated carbocycles. The van der Waals surface area contributed by atoms with Crippen molar-refractivity contribution in [1.82, 2.24) is 25.1 Å². The molecule has 0 aliphatic carbocycles. The summed E-state index contributed by atoms with van der Waals surface area (Å²) < 4.78 is 12.9. The van der Waals surface area contributed by atoms with Gasteiger partial charge in [0, 0.05) is 49.7 Å². The van der Waals surface area contributed by atoms with Crippen LogP contribution >= 0.6 is 0 Å². The topological polar surface area (TPSA) is 77.3 Å². The van der Waals surface area contributed by atoms with E-state index in [1.54, 1.807) is 31.3 Å². The first-order chi connectivity index (χ1) is 16.0. The van der Waals surface area contributed by atoms with E-state index in [0.29, 0.717) is 6.04 Å². The number of benzene rings is 2. The van der Waals surface area contributed by atoms with Gasteiger partial charge in [0.25, 0.3) is 0 Å². The molecule has 4 aromatic rings. The van der Waals surface area contributed by atoms with Gasteiger partial charge in [-0.15, -0.1) is 0 Å². The van der Waals surface area contributed by atoms with Crippen LogP contribution in [-0.4, -0.2) is 53.1 Å². The fourth-order valence-corrected chi connectivity index (χ4v) is 3.72. The Bertz CT molecular complexity index is 1240. The summed E-state index contributed by atoms with van der Waals surface area (Å²) in [5.41, 5.74) is 5.31. The van der Waals surface area contributed by atoms with E-state index in [0.717, 1.165) is 58.3 Å². The molecule has 0 bridgehead atoms. The van der Waals surface area contributed by atoms with Crippen molar-refractivity contribution in [3.8, 4) is 22.8 Å². The second-order valence-electron chi connectivity index (χ2n) is 8.13. The third-order valence-electron chi connectivity index (χ3n) is 5.40. The van der Waals surface area contributed by atoms with Crippen molar-refractivity contribution in [1.29, 1.82) is 0 Å². The number of hydrogen-bond donors (Lipinski definition) is 1. The summed E-state index contributed by atoms with van der Waals surface area (Å²) in [6.07, 6.45) is 5.52. The highest BCUT2D eigenvalue weighted by atomic mass is 16.5. The first-order valence-electron chi connectivity index (χ1n) is 11.0. The molecule has 0 aliphatic rings. The quantitative estimate of drug-likeness (QED) is 0.413. The molecule has 2 aromatic heterocycles. The highest BCUT2D eigenvalue weighted by Gasteiger charge is 2.17. The zero-order valence-electron chi connectivity index (χ0n) is 19.7. The average Bonchev–Trinajstić information content (AvgIpc) is 3.27. The predicted octanol–water partition coefficient (Wildman–Crippen LogP) is 4.18. The van der Waals surface area contributed by atoms with Crippen LogP contribution in [-0.2, 0) is 7.05 Å². The second kappa shape index (κ2) is 9.87. The van der Waals surface area contributed by atoms with Crippen molar-refractivity contribution in [3.63, 3.8) is 0 Å². The van der Waals surface area contributed by atoms with Crippen molar-refractivity contribution in [2.24, 2.45) is 7.05 Å². The maximum atomic E-state index is 5.69.